The van der Waals surface area contributed by atoms with Gasteiger partial charge in [0.15, 0.2) is 0 Å². The van der Waals surface area contributed by atoms with Crippen LogP contribution in [-0.4, -0.2) is 46.8 Å². The average Bonchev–Trinajstić information content (AvgIpc) is 2.65. The van der Waals surface area contributed by atoms with E-state index in [4.69, 9.17) is 23.2 Å². The van der Waals surface area contributed by atoms with Crippen molar-refractivity contribution in [1.82, 2.24) is 9.80 Å². The molecule has 8 heteroatoms. The van der Waals surface area contributed by atoms with Crippen LogP contribution in [0.4, 0.5) is 5.69 Å². The normalized spacial score (nSPS) is 15.1. The topological polar surface area (TPSA) is 66.7 Å². The van der Waals surface area contributed by atoms with E-state index in [0.29, 0.717) is 42.8 Å². The summed E-state index contributed by atoms with van der Waals surface area (Å²) in [6.07, 6.45) is 0. The summed E-state index contributed by atoms with van der Waals surface area (Å²) in [4.78, 5) is 27.1. The van der Waals surface area contributed by atoms with Gasteiger partial charge in [-0.25, -0.2) is 0 Å². The fraction of sp³-hybridized carbons (Fsp3) is 0.278. The van der Waals surface area contributed by atoms with Crippen LogP contribution in [0.3, 0.4) is 0 Å². The average molecular weight is 394 g/mol. The minimum Gasteiger partial charge on any atom is -0.336 e. The number of nitro benzene ring substituents is 1. The van der Waals surface area contributed by atoms with E-state index in [2.05, 4.69) is 4.90 Å². The van der Waals surface area contributed by atoms with Gasteiger partial charge in [-0.15, -0.1) is 0 Å². The highest BCUT2D eigenvalue weighted by molar-refractivity contribution is 6.35. The predicted molar refractivity (Wildman–Crippen MR) is 101 cm³/mol. The molecule has 0 N–H and O–H groups in total. The number of halogens is 2. The minimum absolute atomic E-state index is 0.125. The molecule has 0 saturated carbocycles. The molecule has 0 unspecified atom stereocenters. The summed E-state index contributed by atoms with van der Waals surface area (Å²) in [5.74, 6) is -0.312. The number of hydrogen-bond donors (Lipinski definition) is 0. The van der Waals surface area contributed by atoms with Gasteiger partial charge in [-0.05, 0) is 18.2 Å². The minimum atomic E-state index is -0.525. The molecular weight excluding hydrogens is 377 g/mol. The van der Waals surface area contributed by atoms with E-state index in [1.807, 2.05) is 0 Å². The Morgan fingerprint density at radius 3 is 2.23 bits per heavy atom. The number of hydrogen-bond acceptors (Lipinski definition) is 4. The molecule has 0 aromatic heterocycles. The summed E-state index contributed by atoms with van der Waals surface area (Å²) in [5.41, 5.74) is 0.831. The lowest BCUT2D eigenvalue weighted by molar-refractivity contribution is -0.385. The Hall–Kier alpha value is -2.15. The van der Waals surface area contributed by atoms with E-state index < -0.39 is 4.92 Å². The Morgan fingerprint density at radius 1 is 1.00 bits per heavy atom. The largest absolute Gasteiger partial charge is 0.336 e. The molecule has 26 heavy (non-hydrogen) atoms. The first-order valence-electron chi connectivity index (χ1n) is 8.15. The highest BCUT2D eigenvalue weighted by Gasteiger charge is 2.27. The lowest BCUT2D eigenvalue weighted by Gasteiger charge is -2.35. The van der Waals surface area contributed by atoms with Crippen LogP contribution >= 0.6 is 23.2 Å². The first kappa shape index (κ1) is 18.6. The number of rotatable bonds is 4. The van der Waals surface area contributed by atoms with Crippen molar-refractivity contribution < 1.29 is 9.72 Å². The van der Waals surface area contributed by atoms with Gasteiger partial charge in [0.05, 0.1) is 4.92 Å². The molecule has 1 amide bonds. The van der Waals surface area contributed by atoms with Crippen molar-refractivity contribution in [3.8, 4) is 0 Å². The second-order valence-electron chi connectivity index (χ2n) is 6.04. The van der Waals surface area contributed by atoms with E-state index in [0.717, 1.165) is 5.56 Å². The van der Waals surface area contributed by atoms with Gasteiger partial charge in [-0.2, -0.15) is 0 Å². The molecule has 0 aliphatic carbocycles. The molecule has 1 aliphatic heterocycles. The maximum Gasteiger partial charge on any atom is 0.282 e. The van der Waals surface area contributed by atoms with Crippen LogP contribution in [-0.2, 0) is 6.54 Å². The third-order valence-corrected chi connectivity index (χ3v) is 5.14. The van der Waals surface area contributed by atoms with Gasteiger partial charge in [0.25, 0.3) is 11.6 Å². The van der Waals surface area contributed by atoms with Crippen molar-refractivity contribution in [3.05, 3.63) is 73.8 Å². The van der Waals surface area contributed by atoms with Crippen molar-refractivity contribution in [3.63, 3.8) is 0 Å². The van der Waals surface area contributed by atoms with Crippen LogP contribution in [0.1, 0.15) is 15.9 Å². The van der Waals surface area contributed by atoms with Crippen LogP contribution < -0.4 is 0 Å². The second kappa shape index (κ2) is 8.03. The number of amides is 1. The maximum atomic E-state index is 12.7. The SMILES string of the molecule is O=C(c1ccccc1[N+](=O)[O-])N1CCN(Cc2c(Cl)cccc2Cl)CC1. The smallest absolute Gasteiger partial charge is 0.282 e. The zero-order chi connectivity index (χ0) is 18.7. The maximum absolute atomic E-state index is 12.7. The van der Waals surface area contributed by atoms with Crippen LogP contribution in [0, 0.1) is 10.1 Å². The summed E-state index contributed by atoms with van der Waals surface area (Å²) in [6.45, 7) is 2.88. The molecule has 6 nitrogen and oxygen atoms in total. The molecule has 2 aromatic carbocycles. The number of nitro groups is 1. The van der Waals surface area contributed by atoms with Crippen molar-refractivity contribution >= 4 is 34.8 Å². The molecule has 2 aromatic rings. The zero-order valence-electron chi connectivity index (χ0n) is 13.9. The van der Waals surface area contributed by atoms with Gasteiger partial charge in [0.2, 0.25) is 0 Å². The van der Waals surface area contributed by atoms with Crippen molar-refractivity contribution in [2.75, 3.05) is 26.2 Å². The Morgan fingerprint density at radius 2 is 1.62 bits per heavy atom. The summed E-state index contributed by atoms with van der Waals surface area (Å²) in [5, 5.41) is 12.4. The summed E-state index contributed by atoms with van der Waals surface area (Å²) in [7, 11) is 0. The lowest BCUT2D eigenvalue weighted by Crippen LogP contribution is -2.48. The Labute approximate surface area is 161 Å². The van der Waals surface area contributed by atoms with E-state index >= 15 is 0 Å². The van der Waals surface area contributed by atoms with Gasteiger partial charge in [0, 0.05) is 54.4 Å². The highest BCUT2D eigenvalue weighted by Crippen LogP contribution is 2.26. The van der Waals surface area contributed by atoms with Crippen LogP contribution in [0.15, 0.2) is 42.5 Å². The van der Waals surface area contributed by atoms with Crippen LogP contribution in [0.2, 0.25) is 10.0 Å². The Kier molecular flexibility index (Phi) is 5.76. The highest BCUT2D eigenvalue weighted by atomic mass is 35.5. The van der Waals surface area contributed by atoms with Gasteiger partial charge < -0.3 is 4.90 Å². The number of benzene rings is 2. The molecule has 1 saturated heterocycles. The van der Waals surface area contributed by atoms with Crippen molar-refractivity contribution in [1.29, 1.82) is 0 Å². The van der Waals surface area contributed by atoms with E-state index in [1.54, 1.807) is 35.2 Å². The quantitative estimate of drug-likeness (QED) is 0.584. The number of carbonyl (C=O) groups is 1. The van der Waals surface area contributed by atoms with E-state index in [9.17, 15) is 14.9 Å². The third-order valence-electron chi connectivity index (χ3n) is 4.43. The van der Waals surface area contributed by atoms with Gasteiger partial charge in [-0.3, -0.25) is 19.8 Å². The molecule has 0 atom stereocenters. The van der Waals surface area contributed by atoms with E-state index in [1.165, 1.54) is 12.1 Å². The number of piperazine rings is 1. The second-order valence-corrected chi connectivity index (χ2v) is 6.86. The summed E-state index contributed by atoms with van der Waals surface area (Å²) >= 11 is 12.4. The number of nitrogens with zero attached hydrogens (tertiary/aromatic N) is 3. The van der Waals surface area contributed by atoms with Gasteiger partial charge in [0.1, 0.15) is 5.56 Å². The Bertz CT molecular complexity index is 816. The van der Waals surface area contributed by atoms with E-state index in [-0.39, 0.29) is 17.2 Å². The van der Waals surface area contributed by atoms with Gasteiger partial charge >= 0.3 is 0 Å². The molecule has 0 bridgehead atoms. The van der Waals surface area contributed by atoms with Crippen LogP contribution in [0.25, 0.3) is 0 Å². The summed E-state index contributed by atoms with van der Waals surface area (Å²) < 4.78 is 0. The number of carbonyl (C=O) groups excluding carboxylic acids is 1. The first-order valence-corrected chi connectivity index (χ1v) is 8.91. The third kappa shape index (κ3) is 3.98. The molecule has 0 radical (unpaired) electrons. The number of para-hydroxylation sites is 1. The molecule has 1 fully saturated rings. The Balaban J connectivity index is 1.66. The zero-order valence-corrected chi connectivity index (χ0v) is 15.4. The monoisotopic (exact) mass is 393 g/mol. The fourth-order valence-corrected chi connectivity index (χ4v) is 3.52. The molecule has 3 rings (SSSR count). The summed E-state index contributed by atoms with van der Waals surface area (Å²) in [6, 6.07) is 11.4. The molecule has 1 aliphatic rings. The standard InChI is InChI=1S/C18H17Cl2N3O3/c19-15-5-3-6-16(20)14(15)12-21-8-10-22(11-9-21)18(24)13-4-1-2-7-17(13)23(25)26/h1-7H,8-12H2. The lowest BCUT2D eigenvalue weighted by atomic mass is 10.1. The predicted octanol–water partition coefficient (Wildman–Crippen LogP) is 3.86. The van der Waals surface area contributed by atoms with Crippen molar-refractivity contribution in [2.45, 2.75) is 6.54 Å². The molecule has 1 heterocycles. The van der Waals surface area contributed by atoms with Gasteiger partial charge in [-0.1, -0.05) is 41.4 Å². The van der Waals surface area contributed by atoms with Crippen molar-refractivity contribution in [2.24, 2.45) is 0 Å². The first-order chi connectivity index (χ1) is 12.5. The fourth-order valence-electron chi connectivity index (χ4n) is 3.00. The molecule has 0 spiro atoms. The van der Waals surface area contributed by atoms with Crippen LogP contribution in [0.5, 0.6) is 0 Å². The molecule has 136 valence electrons. The molecular formula is C18H17Cl2N3O3.